The highest BCUT2D eigenvalue weighted by Crippen LogP contribution is 2.28. The monoisotopic (exact) mass is 363 g/mol. The zero-order valence-electron chi connectivity index (χ0n) is 15.4. The first-order valence-electron chi connectivity index (χ1n) is 9.98. The van der Waals surface area contributed by atoms with Gasteiger partial charge in [0.2, 0.25) is 5.95 Å². The third kappa shape index (κ3) is 3.16. The number of nitrogens with zero attached hydrogens (tertiary/aromatic N) is 5. The summed E-state index contributed by atoms with van der Waals surface area (Å²) in [5.41, 5.74) is 10.4. The largest absolute Gasteiger partial charge is 0.350 e. The summed E-state index contributed by atoms with van der Waals surface area (Å²) in [4.78, 5) is 13.7. The van der Waals surface area contributed by atoms with E-state index in [1.54, 1.807) is 0 Å². The Labute approximate surface area is 158 Å². The minimum Gasteiger partial charge on any atom is -0.350 e. The standard InChI is InChI=1S/C20H25N7/c21-16-6-1-2-7-17(16)24-20-23-11-13-10-22-12-15(19(13)25-20)18-9-14-5-3-4-8-27(14)26-18/h9-12,16-17H,1-8,21H2,(H,23,24,25)/t16-,17+/m0/s1. The zero-order valence-corrected chi connectivity index (χ0v) is 15.4. The molecule has 0 saturated heterocycles. The normalized spacial score (nSPS) is 22.6. The van der Waals surface area contributed by atoms with Crippen LogP contribution in [0.25, 0.3) is 22.2 Å². The number of hydrogen-bond donors (Lipinski definition) is 2. The number of aryl methyl sites for hydroxylation is 2. The zero-order chi connectivity index (χ0) is 18.2. The van der Waals surface area contributed by atoms with Crippen LogP contribution in [0.1, 0.15) is 44.2 Å². The summed E-state index contributed by atoms with van der Waals surface area (Å²) >= 11 is 0. The first-order chi connectivity index (χ1) is 13.3. The second-order valence-corrected chi connectivity index (χ2v) is 7.72. The maximum absolute atomic E-state index is 6.28. The number of pyridine rings is 1. The highest BCUT2D eigenvalue weighted by Gasteiger charge is 2.23. The van der Waals surface area contributed by atoms with E-state index in [1.165, 1.54) is 31.4 Å². The van der Waals surface area contributed by atoms with Crippen molar-refractivity contribution in [1.82, 2.24) is 24.7 Å². The third-order valence-corrected chi connectivity index (χ3v) is 5.82. The van der Waals surface area contributed by atoms with E-state index in [1.807, 2.05) is 18.6 Å². The molecule has 2 aliphatic rings. The Kier molecular flexibility index (Phi) is 4.24. The number of anilines is 1. The molecule has 1 fully saturated rings. The molecule has 3 aromatic heterocycles. The molecular weight excluding hydrogens is 338 g/mol. The van der Waals surface area contributed by atoms with E-state index in [-0.39, 0.29) is 12.1 Å². The van der Waals surface area contributed by atoms with E-state index in [9.17, 15) is 0 Å². The van der Waals surface area contributed by atoms with Crippen LogP contribution in [0.4, 0.5) is 5.95 Å². The van der Waals surface area contributed by atoms with Gasteiger partial charge in [-0.05, 0) is 38.2 Å². The summed E-state index contributed by atoms with van der Waals surface area (Å²) in [6, 6.07) is 2.58. The van der Waals surface area contributed by atoms with Crippen molar-refractivity contribution in [2.24, 2.45) is 5.73 Å². The number of fused-ring (bicyclic) bond motifs is 2. The van der Waals surface area contributed by atoms with Crippen molar-refractivity contribution in [3.63, 3.8) is 0 Å². The fraction of sp³-hybridized carbons (Fsp3) is 0.500. The Morgan fingerprint density at radius 2 is 2.00 bits per heavy atom. The summed E-state index contributed by atoms with van der Waals surface area (Å²) in [5, 5.41) is 9.19. The van der Waals surface area contributed by atoms with Gasteiger partial charge < -0.3 is 11.1 Å². The molecule has 1 saturated carbocycles. The molecule has 7 heteroatoms. The van der Waals surface area contributed by atoms with Crippen molar-refractivity contribution in [2.45, 2.75) is 63.6 Å². The smallest absolute Gasteiger partial charge is 0.223 e. The van der Waals surface area contributed by atoms with E-state index in [4.69, 9.17) is 15.8 Å². The highest BCUT2D eigenvalue weighted by molar-refractivity contribution is 5.91. The SMILES string of the molecule is N[C@H]1CCCC[C@H]1Nc1ncc2cncc(-c3cc4n(n3)CCCC4)c2n1. The average molecular weight is 363 g/mol. The van der Waals surface area contributed by atoms with Gasteiger partial charge in [0, 0.05) is 53.9 Å². The van der Waals surface area contributed by atoms with Gasteiger partial charge in [0.05, 0.1) is 11.2 Å². The van der Waals surface area contributed by atoms with Crippen molar-refractivity contribution >= 4 is 16.9 Å². The molecule has 3 N–H and O–H groups in total. The van der Waals surface area contributed by atoms with Crippen LogP contribution in [-0.4, -0.2) is 36.8 Å². The minimum atomic E-state index is 0.162. The Balaban J connectivity index is 1.52. The summed E-state index contributed by atoms with van der Waals surface area (Å²) in [6.45, 7) is 0.995. The molecule has 1 aliphatic carbocycles. The van der Waals surface area contributed by atoms with Crippen LogP contribution in [0.15, 0.2) is 24.7 Å². The van der Waals surface area contributed by atoms with Crippen LogP contribution >= 0.6 is 0 Å². The Bertz CT molecular complexity index is 941. The lowest BCUT2D eigenvalue weighted by Crippen LogP contribution is -2.42. The second kappa shape index (κ2) is 6.88. The highest BCUT2D eigenvalue weighted by atomic mass is 15.3. The maximum atomic E-state index is 6.28. The molecular formula is C20H25N7. The quantitative estimate of drug-likeness (QED) is 0.743. The van der Waals surface area contributed by atoms with Crippen LogP contribution in [0.5, 0.6) is 0 Å². The van der Waals surface area contributed by atoms with Crippen LogP contribution in [0, 0.1) is 0 Å². The van der Waals surface area contributed by atoms with Gasteiger partial charge >= 0.3 is 0 Å². The van der Waals surface area contributed by atoms with Gasteiger partial charge in [0.25, 0.3) is 0 Å². The van der Waals surface area contributed by atoms with Crippen molar-refractivity contribution in [1.29, 1.82) is 0 Å². The van der Waals surface area contributed by atoms with Crippen LogP contribution in [-0.2, 0) is 13.0 Å². The second-order valence-electron chi connectivity index (χ2n) is 7.72. The first-order valence-corrected chi connectivity index (χ1v) is 9.98. The number of nitrogens with two attached hydrogens (primary N) is 1. The van der Waals surface area contributed by atoms with E-state index in [2.05, 4.69) is 26.0 Å². The molecule has 0 amide bonds. The van der Waals surface area contributed by atoms with Crippen LogP contribution in [0.3, 0.4) is 0 Å². The van der Waals surface area contributed by atoms with Crippen LogP contribution < -0.4 is 11.1 Å². The molecule has 0 spiro atoms. The molecule has 3 aromatic rings. The molecule has 0 aromatic carbocycles. The van der Waals surface area contributed by atoms with E-state index < -0.39 is 0 Å². The van der Waals surface area contributed by atoms with Gasteiger partial charge in [-0.15, -0.1) is 0 Å². The molecule has 4 heterocycles. The third-order valence-electron chi connectivity index (χ3n) is 5.82. The molecule has 0 unspecified atom stereocenters. The molecule has 140 valence electrons. The summed E-state index contributed by atoms with van der Waals surface area (Å²) in [6.07, 6.45) is 13.6. The predicted molar refractivity (Wildman–Crippen MR) is 105 cm³/mol. The Morgan fingerprint density at radius 1 is 1.07 bits per heavy atom. The fourth-order valence-corrected chi connectivity index (χ4v) is 4.27. The molecule has 1 aliphatic heterocycles. The van der Waals surface area contributed by atoms with E-state index in [0.717, 1.165) is 48.0 Å². The molecule has 27 heavy (non-hydrogen) atoms. The summed E-state index contributed by atoms with van der Waals surface area (Å²) < 4.78 is 2.12. The minimum absolute atomic E-state index is 0.162. The molecule has 2 atom stereocenters. The number of nitrogens with one attached hydrogen (secondary N) is 1. The van der Waals surface area contributed by atoms with Crippen LogP contribution in [0.2, 0.25) is 0 Å². The van der Waals surface area contributed by atoms with Crippen molar-refractivity contribution in [2.75, 3.05) is 5.32 Å². The van der Waals surface area contributed by atoms with Gasteiger partial charge in [-0.3, -0.25) is 9.67 Å². The Morgan fingerprint density at radius 3 is 2.89 bits per heavy atom. The lowest BCUT2D eigenvalue weighted by atomic mass is 9.91. The van der Waals surface area contributed by atoms with E-state index in [0.29, 0.717) is 5.95 Å². The van der Waals surface area contributed by atoms with Gasteiger partial charge in [0.15, 0.2) is 0 Å². The lowest BCUT2D eigenvalue weighted by molar-refractivity contribution is 0.402. The molecule has 7 nitrogen and oxygen atoms in total. The van der Waals surface area contributed by atoms with Gasteiger partial charge in [-0.25, -0.2) is 9.97 Å². The first kappa shape index (κ1) is 16.6. The summed E-state index contributed by atoms with van der Waals surface area (Å²) in [7, 11) is 0. The lowest BCUT2D eigenvalue weighted by Gasteiger charge is -2.29. The molecule has 0 bridgehead atoms. The molecule has 0 radical (unpaired) electrons. The number of hydrogen-bond acceptors (Lipinski definition) is 6. The molecule has 5 rings (SSSR count). The Hall–Kier alpha value is -2.54. The maximum Gasteiger partial charge on any atom is 0.223 e. The van der Waals surface area contributed by atoms with Crippen molar-refractivity contribution in [3.8, 4) is 11.3 Å². The number of rotatable bonds is 3. The number of aromatic nitrogens is 5. The van der Waals surface area contributed by atoms with Gasteiger partial charge in [-0.2, -0.15) is 5.10 Å². The van der Waals surface area contributed by atoms with Gasteiger partial charge in [0.1, 0.15) is 0 Å². The summed E-state index contributed by atoms with van der Waals surface area (Å²) in [5.74, 6) is 0.640. The van der Waals surface area contributed by atoms with Gasteiger partial charge in [-0.1, -0.05) is 12.8 Å². The topological polar surface area (TPSA) is 94.5 Å². The fourth-order valence-electron chi connectivity index (χ4n) is 4.27. The predicted octanol–water partition coefficient (Wildman–Crippen LogP) is 2.91. The average Bonchev–Trinajstić information content (AvgIpc) is 3.13. The van der Waals surface area contributed by atoms with Crippen molar-refractivity contribution < 1.29 is 0 Å². The van der Waals surface area contributed by atoms with E-state index >= 15 is 0 Å². The van der Waals surface area contributed by atoms with Crippen molar-refractivity contribution in [3.05, 3.63) is 30.4 Å².